The van der Waals surface area contributed by atoms with Gasteiger partial charge in [0.2, 0.25) is 0 Å². The summed E-state index contributed by atoms with van der Waals surface area (Å²) < 4.78 is 22.0. The van der Waals surface area contributed by atoms with Gasteiger partial charge in [-0.1, -0.05) is 0 Å². The highest BCUT2D eigenvalue weighted by Gasteiger charge is 2.47. The van der Waals surface area contributed by atoms with Crippen LogP contribution >= 0.6 is 0 Å². The van der Waals surface area contributed by atoms with Crippen LogP contribution in [0.1, 0.15) is 13.8 Å². The van der Waals surface area contributed by atoms with Crippen molar-refractivity contribution in [3.05, 3.63) is 0 Å². The summed E-state index contributed by atoms with van der Waals surface area (Å²) >= 11 is 0. The fourth-order valence-electron chi connectivity index (χ4n) is 1.90. The third-order valence-electron chi connectivity index (χ3n) is 2.45. The lowest BCUT2D eigenvalue weighted by Gasteiger charge is -2.29. The Kier molecular flexibility index (Phi) is 2.32. The highest BCUT2D eigenvalue weighted by molar-refractivity contribution is 4.89. The van der Waals surface area contributed by atoms with Gasteiger partial charge in [0.25, 0.3) is 0 Å². The summed E-state index contributed by atoms with van der Waals surface area (Å²) in [5.41, 5.74) is 0. The van der Waals surface area contributed by atoms with Gasteiger partial charge in [0.05, 0.1) is 13.2 Å². The van der Waals surface area contributed by atoms with Crippen LogP contribution in [0.3, 0.4) is 0 Å². The van der Waals surface area contributed by atoms with Crippen molar-refractivity contribution in [2.45, 2.75) is 37.9 Å². The van der Waals surface area contributed by atoms with Crippen LogP contribution in [0.5, 0.6) is 0 Å². The molecule has 0 N–H and O–H groups in total. The molecule has 2 aliphatic rings. The van der Waals surface area contributed by atoms with Gasteiger partial charge in [0, 0.05) is 7.11 Å². The largest absolute Gasteiger partial charge is 0.376 e. The number of hydrogen-bond donors (Lipinski definition) is 0. The Labute approximate surface area is 78.1 Å². The first kappa shape index (κ1) is 9.40. The first-order valence-electron chi connectivity index (χ1n) is 4.58. The van der Waals surface area contributed by atoms with E-state index in [1.165, 1.54) is 0 Å². The van der Waals surface area contributed by atoms with Crippen LogP contribution in [0.4, 0.5) is 0 Å². The Morgan fingerprint density at radius 2 is 2.00 bits per heavy atom. The Morgan fingerprint density at radius 3 is 2.69 bits per heavy atom. The van der Waals surface area contributed by atoms with Crippen molar-refractivity contribution in [3.8, 4) is 0 Å². The molecule has 13 heavy (non-hydrogen) atoms. The van der Waals surface area contributed by atoms with E-state index in [1.54, 1.807) is 7.11 Å². The van der Waals surface area contributed by atoms with E-state index in [0.29, 0.717) is 13.2 Å². The van der Waals surface area contributed by atoms with Crippen molar-refractivity contribution in [3.63, 3.8) is 0 Å². The van der Waals surface area contributed by atoms with Crippen LogP contribution in [-0.2, 0) is 18.9 Å². The van der Waals surface area contributed by atoms with Crippen molar-refractivity contribution in [1.82, 2.24) is 0 Å². The molecule has 2 aliphatic heterocycles. The van der Waals surface area contributed by atoms with Crippen molar-refractivity contribution >= 4 is 0 Å². The lowest BCUT2D eigenvalue weighted by molar-refractivity contribution is -0.155. The molecule has 0 saturated carbocycles. The van der Waals surface area contributed by atoms with E-state index < -0.39 is 5.79 Å². The molecular formula is C9H16O4. The van der Waals surface area contributed by atoms with Crippen molar-refractivity contribution in [2.24, 2.45) is 0 Å². The van der Waals surface area contributed by atoms with Crippen molar-refractivity contribution < 1.29 is 18.9 Å². The van der Waals surface area contributed by atoms with Gasteiger partial charge < -0.3 is 18.9 Å². The molecule has 0 unspecified atom stereocenters. The van der Waals surface area contributed by atoms with Crippen LogP contribution < -0.4 is 0 Å². The van der Waals surface area contributed by atoms with Gasteiger partial charge in [-0.2, -0.15) is 0 Å². The van der Waals surface area contributed by atoms with Gasteiger partial charge in [-0.15, -0.1) is 0 Å². The van der Waals surface area contributed by atoms with E-state index in [2.05, 4.69) is 0 Å². The molecule has 0 radical (unpaired) electrons. The zero-order chi connectivity index (χ0) is 9.47. The van der Waals surface area contributed by atoms with E-state index in [0.717, 1.165) is 0 Å². The molecule has 0 bridgehead atoms. The van der Waals surface area contributed by atoms with Gasteiger partial charge in [-0.25, -0.2) is 0 Å². The molecule has 0 amide bonds. The van der Waals surface area contributed by atoms with Gasteiger partial charge in [0.15, 0.2) is 5.79 Å². The highest BCUT2D eigenvalue weighted by atomic mass is 16.8. The van der Waals surface area contributed by atoms with Crippen LogP contribution in [0.15, 0.2) is 0 Å². The molecule has 0 aromatic heterocycles. The van der Waals surface area contributed by atoms with Crippen LogP contribution in [0, 0.1) is 0 Å². The predicted octanol–water partition coefficient (Wildman–Crippen LogP) is 0.552. The van der Waals surface area contributed by atoms with E-state index in [9.17, 15) is 0 Å². The Morgan fingerprint density at radius 1 is 1.23 bits per heavy atom. The molecule has 2 rings (SSSR count). The molecule has 2 heterocycles. The molecule has 3 atom stereocenters. The summed E-state index contributed by atoms with van der Waals surface area (Å²) in [5, 5.41) is 0. The number of fused-ring (bicyclic) bond motifs is 1. The molecule has 0 spiro atoms. The summed E-state index contributed by atoms with van der Waals surface area (Å²) in [7, 11) is 1.67. The number of rotatable bonds is 1. The minimum absolute atomic E-state index is 0.000486. The van der Waals surface area contributed by atoms with Crippen LogP contribution in [0.25, 0.3) is 0 Å². The van der Waals surface area contributed by atoms with Gasteiger partial charge in [-0.3, -0.25) is 0 Å². The summed E-state index contributed by atoms with van der Waals surface area (Å²) in [5.74, 6) is -0.500. The fourth-order valence-corrected chi connectivity index (χ4v) is 1.90. The molecule has 0 aliphatic carbocycles. The van der Waals surface area contributed by atoms with E-state index in [1.807, 2.05) is 13.8 Å². The minimum Gasteiger partial charge on any atom is -0.376 e. The summed E-state index contributed by atoms with van der Waals surface area (Å²) in [6.45, 7) is 5.03. The summed E-state index contributed by atoms with van der Waals surface area (Å²) in [4.78, 5) is 0. The lowest BCUT2D eigenvalue weighted by Crippen LogP contribution is -2.46. The maximum atomic E-state index is 5.73. The second-order valence-electron chi connectivity index (χ2n) is 3.95. The monoisotopic (exact) mass is 188 g/mol. The van der Waals surface area contributed by atoms with Gasteiger partial charge in [-0.05, 0) is 13.8 Å². The SMILES string of the molecule is CO[C@H]1COC[C@@H]2OC(C)(C)O[C@H]12. The Bertz CT molecular complexity index is 192. The standard InChI is InChI=1S/C9H16O4/c1-9(2)12-7-5-11-4-6(10-3)8(7)13-9/h6-8H,4-5H2,1-3H3/t6-,7-,8+/m0/s1. The van der Waals surface area contributed by atoms with Gasteiger partial charge >= 0.3 is 0 Å². The zero-order valence-electron chi connectivity index (χ0n) is 8.28. The molecule has 2 saturated heterocycles. The molecular weight excluding hydrogens is 172 g/mol. The topological polar surface area (TPSA) is 36.9 Å². The Balaban J connectivity index is 2.08. The fraction of sp³-hybridized carbons (Fsp3) is 1.00. The number of hydrogen-bond acceptors (Lipinski definition) is 4. The van der Waals surface area contributed by atoms with E-state index in [4.69, 9.17) is 18.9 Å². The second kappa shape index (κ2) is 3.20. The molecule has 4 heteroatoms. The average Bonchev–Trinajstić information content (AvgIpc) is 2.37. The minimum atomic E-state index is -0.500. The van der Waals surface area contributed by atoms with Crippen molar-refractivity contribution in [2.75, 3.05) is 20.3 Å². The normalized spacial score (nSPS) is 43.2. The van der Waals surface area contributed by atoms with Gasteiger partial charge in [0.1, 0.15) is 18.3 Å². The van der Waals surface area contributed by atoms with Crippen LogP contribution in [-0.4, -0.2) is 44.4 Å². The van der Waals surface area contributed by atoms with Crippen molar-refractivity contribution in [1.29, 1.82) is 0 Å². The van der Waals surface area contributed by atoms with E-state index in [-0.39, 0.29) is 18.3 Å². The molecule has 0 aromatic rings. The summed E-state index contributed by atoms with van der Waals surface area (Å²) in [6.07, 6.45) is 0.0444. The number of methoxy groups -OCH3 is 1. The molecule has 0 aromatic carbocycles. The first-order valence-corrected chi connectivity index (χ1v) is 4.58. The molecule has 4 nitrogen and oxygen atoms in total. The summed E-state index contributed by atoms with van der Waals surface area (Å²) in [6, 6.07) is 0. The zero-order valence-corrected chi connectivity index (χ0v) is 8.28. The molecule has 2 fully saturated rings. The second-order valence-corrected chi connectivity index (χ2v) is 3.95. The molecule has 76 valence electrons. The maximum Gasteiger partial charge on any atom is 0.164 e. The predicted molar refractivity (Wildman–Crippen MR) is 45.4 cm³/mol. The lowest BCUT2D eigenvalue weighted by atomic mass is 10.1. The average molecular weight is 188 g/mol. The third-order valence-corrected chi connectivity index (χ3v) is 2.45. The number of ether oxygens (including phenoxy) is 4. The third kappa shape index (κ3) is 1.72. The Hall–Kier alpha value is -0.160. The maximum absolute atomic E-state index is 5.73. The smallest absolute Gasteiger partial charge is 0.164 e. The quantitative estimate of drug-likeness (QED) is 0.602. The van der Waals surface area contributed by atoms with E-state index >= 15 is 0 Å². The van der Waals surface area contributed by atoms with Crippen LogP contribution in [0.2, 0.25) is 0 Å². The highest BCUT2D eigenvalue weighted by Crippen LogP contribution is 2.33. The first-order chi connectivity index (χ1) is 6.12.